The van der Waals surface area contributed by atoms with Gasteiger partial charge in [-0.05, 0) is 19.9 Å². The van der Waals surface area contributed by atoms with E-state index in [9.17, 15) is 14.0 Å². The van der Waals surface area contributed by atoms with Crippen molar-refractivity contribution in [1.82, 2.24) is 10.9 Å². The van der Waals surface area contributed by atoms with Gasteiger partial charge in [-0.15, -0.1) is 0 Å². The summed E-state index contributed by atoms with van der Waals surface area (Å²) in [5, 5.41) is 0.550. The number of aromatic nitrogens is 2. The number of aryl methyl sites for hydroxylation is 1. The van der Waals surface area contributed by atoms with Crippen LogP contribution in [0.5, 0.6) is 0 Å². The molecule has 0 bridgehead atoms. The van der Waals surface area contributed by atoms with Crippen molar-refractivity contribution < 1.29 is 13.9 Å². The van der Waals surface area contributed by atoms with Crippen molar-refractivity contribution in [1.29, 1.82) is 0 Å². The number of fused-ring (bicyclic) bond motifs is 5. The minimum atomic E-state index is -0.437. The maximum Gasteiger partial charge on any atom is 0.287 e. The van der Waals surface area contributed by atoms with E-state index in [0.29, 0.717) is 48.7 Å². The van der Waals surface area contributed by atoms with Crippen molar-refractivity contribution >= 4 is 74.0 Å². The average molecular weight is 625 g/mol. The molecular formula is C18H18FI2N5O3. The number of ether oxygens (including phenoxy) is 1. The molecule has 0 radical (unpaired) electrons. The number of piperazine rings is 1. The molecule has 29 heavy (non-hydrogen) atoms. The maximum absolute atomic E-state index is 14.5. The molecule has 3 aliphatic rings. The monoisotopic (exact) mass is 625 g/mol. The maximum atomic E-state index is 14.5. The van der Waals surface area contributed by atoms with Crippen LogP contribution in [0.15, 0.2) is 10.9 Å². The molecule has 2 saturated heterocycles. The van der Waals surface area contributed by atoms with E-state index in [-0.39, 0.29) is 29.2 Å². The first kappa shape index (κ1) is 19.9. The van der Waals surface area contributed by atoms with Gasteiger partial charge in [-0.25, -0.2) is 15.3 Å². The van der Waals surface area contributed by atoms with Crippen molar-refractivity contribution in [3.05, 3.63) is 27.9 Å². The van der Waals surface area contributed by atoms with Crippen molar-refractivity contribution in [2.75, 3.05) is 36.1 Å². The first-order valence-electron chi connectivity index (χ1n) is 9.31. The second-order valence-electron chi connectivity index (χ2n) is 7.71. The number of rotatable bonds is 1. The first-order chi connectivity index (χ1) is 13.8. The second-order valence-corrected chi connectivity index (χ2v) is 9.91. The van der Waals surface area contributed by atoms with Gasteiger partial charge in [0, 0.05) is 47.4 Å². The Morgan fingerprint density at radius 3 is 2.59 bits per heavy atom. The molecule has 5 rings (SSSR count). The summed E-state index contributed by atoms with van der Waals surface area (Å²) in [5.74, 6) is -0.532. The lowest BCUT2D eigenvalue weighted by Gasteiger charge is -2.51. The minimum Gasteiger partial charge on any atom is -0.377 e. The van der Waals surface area contributed by atoms with Crippen LogP contribution in [0, 0.1) is 12.7 Å². The molecule has 154 valence electrons. The van der Waals surface area contributed by atoms with Crippen LogP contribution in [0.3, 0.4) is 0 Å². The number of hydrogen-bond acceptors (Lipinski definition) is 6. The Bertz CT molecular complexity index is 1110. The molecule has 0 spiro atoms. The summed E-state index contributed by atoms with van der Waals surface area (Å²) in [6, 6.07) is 0.990. The zero-order valence-electron chi connectivity index (χ0n) is 15.7. The zero-order valence-corrected chi connectivity index (χ0v) is 20.0. The van der Waals surface area contributed by atoms with Crippen LogP contribution in [-0.4, -0.2) is 61.2 Å². The van der Waals surface area contributed by atoms with Crippen LogP contribution < -0.4 is 15.4 Å². The predicted octanol–water partition coefficient (Wildman–Crippen LogP) is 2.02. The second kappa shape index (κ2) is 6.99. The molecule has 2 atom stereocenters. The number of carbonyl (C=O) groups is 1. The lowest BCUT2D eigenvalue weighted by molar-refractivity contribution is -0.123. The van der Waals surface area contributed by atoms with Crippen LogP contribution in [0.25, 0.3) is 11.0 Å². The lowest BCUT2D eigenvalue weighted by Crippen LogP contribution is -2.67. The van der Waals surface area contributed by atoms with Gasteiger partial charge in [0.2, 0.25) is 0 Å². The van der Waals surface area contributed by atoms with Crippen LogP contribution >= 0.6 is 45.7 Å². The Kier molecular flexibility index (Phi) is 4.79. The third-order valence-corrected chi connectivity index (χ3v) is 8.12. The van der Waals surface area contributed by atoms with E-state index in [2.05, 4.69) is 37.9 Å². The fourth-order valence-electron chi connectivity index (χ4n) is 4.23. The van der Waals surface area contributed by atoms with Crippen molar-refractivity contribution in [3.8, 4) is 0 Å². The van der Waals surface area contributed by atoms with Gasteiger partial charge in [0.15, 0.2) is 5.65 Å². The van der Waals surface area contributed by atoms with Crippen molar-refractivity contribution in [2.24, 2.45) is 0 Å². The summed E-state index contributed by atoms with van der Waals surface area (Å²) in [7, 11) is 0. The standard InChI is InChI=1S/C18H18FI2N5O3/c1-8-4-23-13(5-24(8)20)17(27)25(10-6-29-7-10)15-14(23)11-3-12(19)9(2)22-16(11)26(21)18(15)28/h3,8,10,13H,4-7H2,1-2H3. The molecule has 5 heterocycles. The van der Waals surface area contributed by atoms with E-state index in [4.69, 9.17) is 4.74 Å². The molecular weight excluding hydrogens is 607 g/mol. The summed E-state index contributed by atoms with van der Waals surface area (Å²) < 4.78 is 23.4. The van der Waals surface area contributed by atoms with Crippen molar-refractivity contribution in [3.63, 3.8) is 0 Å². The van der Waals surface area contributed by atoms with Gasteiger partial charge >= 0.3 is 0 Å². The van der Waals surface area contributed by atoms with Gasteiger partial charge in [-0.2, -0.15) is 0 Å². The summed E-state index contributed by atoms with van der Waals surface area (Å²) >= 11 is 4.13. The number of pyridine rings is 2. The third-order valence-electron chi connectivity index (χ3n) is 5.88. The molecule has 0 N–H and O–H groups in total. The highest BCUT2D eigenvalue weighted by atomic mass is 127. The molecule has 8 nitrogen and oxygen atoms in total. The van der Waals surface area contributed by atoms with E-state index in [0.717, 1.165) is 0 Å². The van der Waals surface area contributed by atoms with Crippen LogP contribution in [0.1, 0.15) is 12.6 Å². The molecule has 2 fully saturated rings. The van der Waals surface area contributed by atoms with E-state index >= 15 is 0 Å². The number of halogens is 3. The number of carbonyl (C=O) groups excluding carboxylic acids is 1. The molecule has 2 aromatic rings. The van der Waals surface area contributed by atoms with Gasteiger partial charge in [-0.1, -0.05) is 0 Å². The van der Waals surface area contributed by atoms with Crippen LogP contribution in [0.4, 0.5) is 15.8 Å². The molecule has 1 amide bonds. The Hall–Kier alpha value is -1.06. The first-order valence-corrected chi connectivity index (χ1v) is 11.2. The van der Waals surface area contributed by atoms with Gasteiger partial charge in [-0.3, -0.25) is 14.5 Å². The smallest absolute Gasteiger partial charge is 0.287 e. The summed E-state index contributed by atoms with van der Waals surface area (Å²) in [4.78, 5) is 34.8. The third kappa shape index (κ3) is 2.83. The van der Waals surface area contributed by atoms with Crippen LogP contribution in [0.2, 0.25) is 0 Å². The topological polar surface area (TPSA) is 70.9 Å². The summed E-state index contributed by atoms with van der Waals surface area (Å²) in [6.07, 6.45) is 0. The SMILES string of the molecule is Cc1nc2c(cc1F)c1c(c(=O)n2I)N(C2COC2)C(=O)C2CN(I)C(C)CN12. The predicted molar refractivity (Wildman–Crippen MR) is 124 cm³/mol. The Labute approximate surface area is 194 Å². The highest BCUT2D eigenvalue weighted by molar-refractivity contribution is 14.1. The average Bonchev–Trinajstić information content (AvgIpc) is 2.64. The highest BCUT2D eigenvalue weighted by Gasteiger charge is 2.48. The Balaban J connectivity index is 1.86. The normalized spacial score (nSPS) is 25.2. The largest absolute Gasteiger partial charge is 0.377 e. The minimum absolute atomic E-state index is 0.104. The highest BCUT2D eigenvalue weighted by Crippen LogP contribution is 2.43. The fourth-order valence-corrected chi connectivity index (χ4v) is 5.37. The number of amides is 1. The lowest BCUT2D eigenvalue weighted by atomic mass is 9.98. The molecule has 2 aromatic heterocycles. The van der Waals surface area contributed by atoms with Gasteiger partial charge in [0.25, 0.3) is 11.5 Å². The number of hydrogen-bond donors (Lipinski definition) is 0. The van der Waals surface area contributed by atoms with E-state index in [1.54, 1.807) is 11.8 Å². The van der Waals surface area contributed by atoms with E-state index < -0.39 is 11.9 Å². The number of nitrogens with zero attached hydrogens (tertiary/aromatic N) is 5. The Morgan fingerprint density at radius 2 is 1.93 bits per heavy atom. The van der Waals surface area contributed by atoms with Crippen molar-refractivity contribution in [2.45, 2.75) is 32.0 Å². The Morgan fingerprint density at radius 1 is 1.21 bits per heavy atom. The van der Waals surface area contributed by atoms with Crippen LogP contribution in [-0.2, 0) is 9.53 Å². The molecule has 3 aliphatic heterocycles. The zero-order chi connectivity index (χ0) is 20.6. The van der Waals surface area contributed by atoms with Gasteiger partial charge in [0.05, 0.1) is 53.5 Å². The fraction of sp³-hybridized carbons (Fsp3) is 0.500. The quantitative estimate of drug-likeness (QED) is 0.357. The number of anilines is 2. The molecule has 2 unspecified atom stereocenters. The van der Waals surface area contributed by atoms with E-state index in [1.807, 2.05) is 27.8 Å². The molecule has 0 aliphatic carbocycles. The summed E-state index contributed by atoms with van der Waals surface area (Å²) in [5.41, 5.74) is 1.25. The van der Waals surface area contributed by atoms with E-state index in [1.165, 1.54) is 8.85 Å². The molecule has 0 saturated carbocycles. The summed E-state index contributed by atoms with van der Waals surface area (Å²) in [6.45, 7) is 5.53. The molecule has 0 aromatic carbocycles. The molecule has 11 heteroatoms. The van der Waals surface area contributed by atoms with Gasteiger partial charge < -0.3 is 9.64 Å². The van der Waals surface area contributed by atoms with Gasteiger partial charge in [0.1, 0.15) is 17.5 Å².